The van der Waals surface area contributed by atoms with Gasteiger partial charge in [-0.25, -0.2) is 0 Å². The number of hydrogen-bond acceptors (Lipinski definition) is 8. The molecule has 8 nitrogen and oxygen atoms in total. The molecule has 2 rings (SSSR count). The van der Waals surface area contributed by atoms with E-state index in [-0.39, 0.29) is 60.5 Å². The molecule has 0 fully saturated rings. The van der Waals surface area contributed by atoms with E-state index < -0.39 is 36.0 Å². The van der Waals surface area contributed by atoms with E-state index in [1.165, 1.54) is 24.3 Å². The second-order valence-corrected chi connectivity index (χ2v) is 8.25. The van der Waals surface area contributed by atoms with E-state index >= 15 is 0 Å². The van der Waals surface area contributed by atoms with Crippen molar-refractivity contribution in [2.75, 3.05) is 0 Å². The number of rotatable bonds is 3. The second-order valence-electron chi connectivity index (χ2n) is 2.82. The Labute approximate surface area is 150 Å². The van der Waals surface area contributed by atoms with Crippen molar-refractivity contribution in [1.82, 2.24) is 0 Å². The van der Waals surface area contributed by atoms with Crippen LogP contribution in [0.1, 0.15) is 10.4 Å². The summed E-state index contributed by atoms with van der Waals surface area (Å²) in [7, 11) is -5.15. The van der Waals surface area contributed by atoms with E-state index in [4.69, 9.17) is 0 Å². The first-order valence-corrected chi connectivity index (χ1v) is 9.12. The van der Waals surface area contributed by atoms with Gasteiger partial charge in [-0.3, -0.25) is 0 Å². The Morgan fingerprint density at radius 3 is 2.56 bits per heavy atom. The van der Waals surface area contributed by atoms with Crippen LogP contribution in [0.3, 0.4) is 0 Å². The van der Waals surface area contributed by atoms with Gasteiger partial charge in [0, 0.05) is 0 Å². The van der Waals surface area contributed by atoms with Gasteiger partial charge >= 0.3 is 153 Å². The minimum Gasteiger partial charge on any atom is 1.00 e. The van der Waals surface area contributed by atoms with Crippen LogP contribution < -0.4 is 71.1 Å². The molecule has 96 valence electrons. The minimum absolute atomic E-state index is 0. The first kappa shape index (κ1) is 16.9. The number of carbonyl (C=O) groups excluding carboxylic acids is 1. The molecule has 1 atom stereocenters. The molecule has 1 unspecified atom stereocenters. The molecule has 1 aromatic rings. The van der Waals surface area contributed by atoms with Crippen molar-refractivity contribution >= 4 is 16.4 Å². The molecule has 1 N–H and O–H groups in total. The average Bonchev–Trinajstić information content (AvgIpc) is 2.50. The summed E-state index contributed by atoms with van der Waals surface area (Å²) in [5, 5.41) is 0. The van der Waals surface area contributed by atoms with Crippen LogP contribution in [0.15, 0.2) is 24.3 Å². The maximum absolute atomic E-state index is 11.3. The van der Waals surface area contributed by atoms with Gasteiger partial charge in [-0.1, -0.05) is 0 Å². The molecular weight excluding hydrogens is 410 g/mol. The van der Waals surface area contributed by atoms with Crippen molar-refractivity contribution in [3.8, 4) is 0 Å². The zero-order valence-corrected chi connectivity index (χ0v) is 15.0. The van der Waals surface area contributed by atoms with E-state index in [1.807, 2.05) is 0 Å². The number of fused-ring (bicyclic) bond motifs is 1. The fourth-order valence-corrected chi connectivity index (χ4v) is 5.48. The predicted octanol–water partition coefficient (Wildman–Crippen LogP) is -6.66. The molecule has 18 heavy (non-hydrogen) atoms. The predicted molar refractivity (Wildman–Crippen MR) is 44.6 cm³/mol. The van der Waals surface area contributed by atoms with Crippen LogP contribution in [-0.4, -0.2) is 22.4 Å². The van der Waals surface area contributed by atoms with Gasteiger partial charge in [-0.2, -0.15) is 0 Å². The molecule has 1 aliphatic heterocycles. The Morgan fingerprint density at radius 1 is 1.33 bits per heavy atom. The van der Waals surface area contributed by atoms with Crippen LogP contribution in [0.2, 0.25) is 0 Å². The van der Waals surface area contributed by atoms with Crippen molar-refractivity contribution in [2.45, 2.75) is 0 Å². The van der Waals surface area contributed by atoms with E-state index in [2.05, 4.69) is 10.6 Å². The number of carbonyl (C=O) groups is 1. The molecule has 1 heterocycles. The summed E-state index contributed by atoms with van der Waals surface area (Å²) in [6.45, 7) is 0. The van der Waals surface area contributed by atoms with E-state index in [0.717, 1.165) is 0 Å². The van der Waals surface area contributed by atoms with Gasteiger partial charge in [0.2, 0.25) is 0 Å². The van der Waals surface area contributed by atoms with Crippen LogP contribution in [0.4, 0.5) is 0 Å². The van der Waals surface area contributed by atoms with E-state index in [9.17, 15) is 21.2 Å². The summed E-state index contributed by atoms with van der Waals surface area (Å²) in [6, 6.07) is 5.72. The fourth-order valence-electron chi connectivity index (χ4n) is 1.13. The monoisotopic (exact) mass is 415 g/mol. The van der Waals surface area contributed by atoms with Gasteiger partial charge in [0.05, 0.1) is 0 Å². The molecule has 0 aromatic heterocycles. The van der Waals surface area contributed by atoms with Gasteiger partial charge in [0.15, 0.2) is 0 Å². The number of halogens is 1. The molecule has 0 spiro atoms. The standard InChI is InChI=1S/C7H6IO8S.K/c9-7-5-3-1-2-4-6(5)8(10,14-7)15-16-17(11,12)13;/h1-4,10H,(H,11,12,13);/q-1;+1/p-1. The summed E-state index contributed by atoms with van der Waals surface area (Å²) in [5.41, 5.74) is 0.0540. The van der Waals surface area contributed by atoms with Crippen molar-refractivity contribution in [3.63, 3.8) is 0 Å². The summed E-state index contributed by atoms with van der Waals surface area (Å²) >= 11 is -4.80. The Bertz CT molecular complexity index is 575. The molecule has 0 aliphatic carbocycles. The SMILES string of the molecule is O=C1O[I-](O)(OOS(=O)(=O)[O-])c2ccccc21.[K+]. The molecule has 0 amide bonds. The number of benzene rings is 1. The Hall–Kier alpha value is 0.846. The average molecular weight is 415 g/mol. The maximum Gasteiger partial charge on any atom is 1.00 e. The molecule has 1 aromatic carbocycles. The normalized spacial score (nSPS) is 25.6. The molecular formula is C7H5IKO8S-. The topological polar surface area (TPSA) is 122 Å². The molecule has 0 bridgehead atoms. The van der Waals surface area contributed by atoms with Gasteiger partial charge in [0.1, 0.15) is 0 Å². The summed E-state index contributed by atoms with van der Waals surface area (Å²) in [4.78, 5) is 11.3. The Morgan fingerprint density at radius 2 is 1.94 bits per heavy atom. The molecule has 11 heteroatoms. The number of hydrogen-bond donors (Lipinski definition) is 1. The summed E-state index contributed by atoms with van der Waals surface area (Å²) < 4.78 is 52.7. The third kappa shape index (κ3) is 3.69. The van der Waals surface area contributed by atoms with Crippen LogP contribution in [0, 0.1) is 3.57 Å². The van der Waals surface area contributed by atoms with Gasteiger partial charge in [-0.15, -0.1) is 0 Å². The first-order chi connectivity index (χ1) is 7.82. The van der Waals surface area contributed by atoms with E-state index in [0.29, 0.717) is 0 Å². The van der Waals surface area contributed by atoms with Crippen LogP contribution >= 0.6 is 0 Å². The van der Waals surface area contributed by atoms with Gasteiger partial charge in [0.25, 0.3) is 0 Å². The third-order valence-electron chi connectivity index (χ3n) is 1.72. The van der Waals surface area contributed by atoms with Gasteiger partial charge in [-0.05, 0) is 0 Å². The minimum atomic E-state index is -5.15. The molecule has 1 aliphatic rings. The molecule has 0 saturated carbocycles. The Kier molecular flexibility index (Phi) is 5.71. The maximum atomic E-state index is 11.3. The van der Waals surface area contributed by atoms with Crippen LogP contribution in [0.5, 0.6) is 0 Å². The molecule has 0 saturated heterocycles. The smallest absolute Gasteiger partial charge is 1.00 e. The van der Waals surface area contributed by atoms with Crippen LogP contribution in [-0.2, 0) is 21.0 Å². The molecule has 0 radical (unpaired) electrons. The van der Waals surface area contributed by atoms with Crippen LogP contribution in [0.25, 0.3) is 0 Å². The quantitative estimate of drug-likeness (QED) is 0.129. The van der Waals surface area contributed by atoms with Crippen molar-refractivity contribution in [1.29, 1.82) is 0 Å². The summed E-state index contributed by atoms with van der Waals surface area (Å²) in [5.74, 6) is -0.855. The van der Waals surface area contributed by atoms with Crippen molar-refractivity contribution in [3.05, 3.63) is 33.4 Å². The largest absolute Gasteiger partial charge is 1.00 e. The van der Waals surface area contributed by atoms with E-state index in [1.54, 1.807) is 0 Å². The zero-order chi connectivity index (χ0) is 12.7. The van der Waals surface area contributed by atoms with Gasteiger partial charge < -0.3 is 0 Å². The van der Waals surface area contributed by atoms with Crippen molar-refractivity contribution in [2.24, 2.45) is 0 Å². The summed E-state index contributed by atoms with van der Waals surface area (Å²) in [6.07, 6.45) is 0. The fraction of sp³-hybridized carbons (Fsp3) is 0. The third-order valence-corrected chi connectivity index (χ3v) is 6.27. The zero-order valence-electron chi connectivity index (χ0n) is 8.90. The van der Waals surface area contributed by atoms with Crippen molar-refractivity contribution < 1.29 is 103 Å². The second kappa shape index (κ2) is 6.09. The first-order valence-electron chi connectivity index (χ1n) is 3.99. The Balaban J connectivity index is 0.00000162.